The fourth-order valence-corrected chi connectivity index (χ4v) is 2.86. The lowest BCUT2D eigenvalue weighted by Gasteiger charge is -2.27. The van der Waals surface area contributed by atoms with Crippen LogP contribution >= 0.6 is 12.4 Å². The van der Waals surface area contributed by atoms with Crippen molar-refractivity contribution in [2.24, 2.45) is 5.92 Å². The first kappa shape index (κ1) is 10.0. The lowest BCUT2D eigenvalue weighted by atomic mass is 9.77. The molecule has 2 atom stereocenters. The van der Waals surface area contributed by atoms with Crippen molar-refractivity contribution in [1.82, 2.24) is 5.32 Å². The molecule has 0 bridgehead atoms. The maximum absolute atomic E-state index is 3.51. The van der Waals surface area contributed by atoms with Crippen molar-refractivity contribution in [2.75, 3.05) is 13.1 Å². The maximum atomic E-state index is 3.51. The van der Waals surface area contributed by atoms with Crippen molar-refractivity contribution < 1.29 is 0 Å². The minimum absolute atomic E-state index is 0. The number of hydrogen-bond donors (Lipinski definition) is 1. The van der Waals surface area contributed by atoms with Gasteiger partial charge in [-0.15, -0.1) is 12.4 Å². The number of fused-ring (bicyclic) bond motifs is 3. The van der Waals surface area contributed by atoms with Crippen LogP contribution in [0.4, 0.5) is 0 Å². The molecule has 0 radical (unpaired) electrons. The van der Waals surface area contributed by atoms with E-state index in [0.29, 0.717) is 0 Å². The number of nitrogens with one attached hydrogen (secondary N) is 1. The van der Waals surface area contributed by atoms with Gasteiger partial charge in [0.2, 0.25) is 0 Å². The van der Waals surface area contributed by atoms with Crippen LogP contribution in [-0.2, 0) is 6.42 Å². The molecule has 0 aromatic heterocycles. The Balaban J connectivity index is 0.000000750. The first-order valence-electron chi connectivity index (χ1n) is 5.23. The summed E-state index contributed by atoms with van der Waals surface area (Å²) in [6, 6.07) is 8.96. The summed E-state index contributed by atoms with van der Waals surface area (Å²) in [5.74, 6) is 1.72. The molecule has 1 aromatic rings. The maximum Gasteiger partial charge on any atom is 0.00235 e. The third-order valence-electron chi connectivity index (χ3n) is 3.58. The van der Waals surface area contributed by atoms with Crippen LogP contribution in [0, 0.1) is 5.92 Å². The summed E-state index contributed by atoms with van der Waals surface area (Å²) in [6.45, 7) is 2.43. The second kappa shape index (κ2) is 3.92. The van der Waals surface area contributed by atoms with Gasteiger partial charge in [-0.1, -0.05) is 24.3 Å². The molecule has 2 aliphatic rings. The predicted molar refractivity (Wildman–Crippen MR) is 61.1 cm³/mol. The summed E-state index contributed by atoms with van der Waals surface area (Å²) in [5.41, 5.74) is 3.20. The normalized spacial score (nSPS) is 28.9. The van der Waals surface area contributed by atoms with Crippen LogP contribution in [0.3, 0.4) is 0 Å². The van der Waals surface area contributed by atoms with Crippen molar-refractivity contribution >= 4 is 12.4 Å². The SMILES string of the molecule is Cl.c1ccc2c(c1)CCC1CNCC21. The number of halogens is 1. The summed E-state index contributed by atoms with van der Waals surface area (Å²) in [6.07, 6.45) is 2.67. The molecular formula is C12H16ClN. The Kier molecular flexibility index (Phi) is 2.80. The number of rotatable bonds is 0. The molecule has 1 aromatic carbocycles. The van der Waals surface area contributed by atoms with Crippen LogP contribution < -0.4 is 5.32 Å². The molecule has 1 aliphatic carbocycles. The first-order valence-corrected chi connectivity index (χ1v) is 5.23. The van der Waals surface area contributed by atoms with Gasteiger partial charge < -0.3 is 5.32 Å². The molecule has 2 heteroatoms. The average molecular weight is 210 g/mol. The highest BCUT2D eigenvalue weighted by Gasteiger charge is 2.32. The van der Waals surface area contributed by atoms with Gasteiger partial charge >= 0.3 is 0 Å². The van der Waals surface area contributed by atoms with Crippen molar-refractivity contribution in [2.45, 2.75) is 18.8 Å². The Bertz CT molecular complexity index is 324. The van der Waals surface area contributed by atoms with E-state index in [2.05, 4.69) is 29.6 Å². The largest absolute Gasteiger partial charge is 0.316 e. The van der Waals surface area contributed by atoms with Gasteiger partial charge in [0.05, 0.1) is 0 Å². The molecule has 1 N–H and O–H groups in total. The van der Waals surface area contributed by atoms with Gasteiger partial charge in [0, 0.05) is 12.5 Å². The van der Waals surface area contributed by atoms with Gasteiger partial charge in [-0.05, 0) is 36.4 Å². The molecule has 1 saturated heterocycles. The Hall–Kier alpha value is -0.530. The Morgan fingerprint density at radius 1 is 1.14 bits per heavy atom. The number of benzene rings is 1. The smallest absolute Gasteiger partial charge is 0.00235 e. The van der Waals surface area contributed by atoms with Gasteiger partial charge in [-0.3, -0.25) is 0 Å². The molecular weight excluding hydrogens is 194 g/mol. The molecule has 1 fully saturated rings. The van der Waals surface area contributed by atoms with E-state index >= 15 is 0 Å². The second-order valence-electron chi connectivity index (χ2n) is 4.26. The van der Waals surface area contributed by atoms with Gasteiger partial charge in [-0.25, -0.2) is 0 Å². The molecule has 1 nitrogen and oxygen atoms in total. The zero-order chi connectivity index (χ0) is 8.67. The zero-order valence-electron chi connectivity index (χ0n) is 8.20. The summed E-state index contributed by atoms with van der Waals surface area (Å²) < 4.78 is 0. The lowest BCUT2D eigenvalue weighted by molar-refractivity contribution is 0.451. The van der Waals surface area contributed by atoms with E-state index < -0.39 is 0 Å². The Morgan fingerprint density at radius 3 is 2.93 bits per heavy atom. The van der Waals surface area contributed by atoms with Gasteiger partial charge in [0.15, 0.2) is 0 Å². The first-order chi connectivity index (χ1) is 6.45. The lowest BCUT2D eigenvalue weighted by Crippen LogP contribution is -2.18. The van der Waals surface area contributed by atoms with Gasteiger partial charge in [0.25, 0.3) is 0 Å². The summed E-state index contributed by atoms with van der Waals surface area (Å²) >= 11 is 0. The number of aryl methyl sites for hydroxylation is 1. The summed E-state index contributed by atoms with van der Waals surface area (Å²) in [7, 11) is 0. The van der Waals surface area contributed by atoms with E-state index in [-0.39, 0.29) is 12.4 Å². The Labute approximate surface area is 91.3 Å². The van der Waals surface area contributed by atoms with E-state index in [1.54, 1.807) is 11.1 Å². The van der Waals surface area contributed by atoms with Crippen LogP contribution in [0.2, 0.25) is 0 Å². The fraction of sp³-hybridized carbons (Fsp3) is 0.500. The highest BCUT2D eigenvalue weighted by Crippen LogP contribution is 2.37. The highest BCUT2D eigenvalue weighted by atomic mass is 35.5. The van der Waals surface area contributed by atoms with Crippen LogP contribution in [0.1, 0.15) is 23.5 Å². The van der Waals surface area contributed by atoms with Crippen molar-refractivity contribution in [3.8, 4) is 0 Å². The average Bonchev–Trinajstić information content (AvgIpc) is 2.65. The van der Waals surface area contributed by atoms with Crippen molar-refractivity contribution in [3.63, 3.8) is 0 Å². The summed E-state index contributed by atoms with van der Waals surface area (Å²) in [4.78, 5) is 0. The van der Waals surface area contributed by atoms with Crippen LogP contribution in [0.15, 0.2) is 24.3 Å². The molecule has 76 valence electrons. The monoisotopic (exact) mass is 209 g/mol. The van der Waals surface area contributed by atoms with E-state index in [0.717, 1.165) is 11.8 Å². The molecule has 0 saturated carbocycles. The van der Waals surface area contributed by atoms with E-state index in [9.17, 15) is 0 Å². The molecule has 14 heavy (non-hydrogen) atoms. The van der Waals surface area contributed by atoms with Crippen molar-refractivity contribution in [1.29, 1.82) is 0 Å². The predicted octanol–water partition coefficient (Wildman–Crippen LogP) is 2.36. The van der Waals surface area contributed by atoms with Crippen LogP contribution in [-0.4, -0.2) is 13.1 Å². The topological polar surface area (TPSA) is 12.0 Å². The van der Waals surface area contributed by atoms with E-state index in [1.807, 2.05) is 0 Å². The van der Waals surface area contributed by atoms with Gasteiger partial charge in [-0.2, -0.15) is 0 Å². The van der Waals surface area contributed by atoms with E-state index in [4.69, 9.17) is 0 Å². The molecule has 0 amide bonds. The van der Waals surface area contributed by atoms with Crippen LogP contribution in [0.25, 0.3) is 0 Å². The fourth-order valence-electron chi connectivity index (χ4n) is 2.86. The molecule has 3 rings (SSSR count). The standard InChI is InChI=1S/C12H15N.ClH/c1-2-4-11-9(3-1)5-6-10-7-13-8-12(10)11;/h1-4,10,12-13H,5-8H2;1H. The molecule has 1 heterocycles. The second-order valence-corrected chi connectivity index (χ2v) is 4.26. The van der Waals surface area contributed by atoms with Crippen molar-refractivity contribution in [3.05, 3.63) is 35.4 Å². The van der Waals surface area contributed by atoms with Crippen LogP contribution in [0.5, 0.6) is 0 Å². The minimum atomic E-state index is 0. The third-order valence-corrected chi connectivity index (χ3v) is 3.58. The third kappa shape index (κ3) is 1.45. The van der Waals surface area contributed by atoms with Gasteiger partial charge in [0.1, 0.15) is 0 Å². The zero-order valence-corrected chi connectivity index (χ0v) is 9.02. The Morgan fingerprint density at radius 2 is 2.00 bits per heavy atom. The quantitative estimate of drug-likeness (QED) is 0.692. The summed E-state index contributed by atoms with van der Waals surface area (Å²) in [5, 5.41) is 3.51. The minimum Gasteiger partial charge on any atom is -0.316 e. The van der Waals surface area contributed by atoms with E-state index in [1.165, 1.54) is 25.9 Å². The molecule has 2 unspecified atom stereocenters. The number of hydrogen-bond acceptors (Lipinski definition) is 1. The molecule has 0 spiro atoms. The highest BCUT2D eigenvalue weighted by molar-refractivity contribution is 5.85. The molecule has 1 aliphatic heterocycles.